The molecular formula is C15H22ClN5O. The number of nitrogens with one attached hydrogen (secondary N) is 1. The molecule has 0 fully saturated rings. The highest BCUT2D eigenvalue weighted by molar-refractivity contribution is 6.30. The number of nitrogens with zero attached hydrogens (tertiary/aromatic N) is 4. The SMILES string of the molecule is CCc1cc(CNC(=NC)N(C)Cc2cc(Cl)cn2C)on1. The van der Waals surface area contributed by atoms with Crippen LogP contribution in [-0.2, 0) is 26.6 Å². The minimum atomic E-state index is 0.553. The van der Waals surface area contributed by atoms with Crippen molar-refractivity contribution in [3.05, 3.63) is 40.5 Å². The highest BCUT2D eigenvalue weighted by Gasteiger charge is 2.11. The zero-order valence-corrected chi connectivity index (χ0v) is 14.2. The van der Waals surface area contributed by atoms with Gasteiger partial charge in [-0.05, 0) is 12.5 Å². The van der Waals surface area contributed by atoms with E-state index in [1.165, 1.54) is 0 Å². The van der Waals surface area contributed by atoms with Gasteiger partial charge < -0.3 is 19.3 Å². The zero-order chi connectivity index (χ0) is 16.1. The van der Waals surface area contributed by atoms with Crippen LogP contribution in [-0.4, -0.2) is 34.7 Å². The monoisotopic (exact) mass is 323 g/mol. The second-order valence-electron chi connectivity index (χ2n) is 5.16. The Hall–Kier alpha value is -1.95. The van der Waals surface area contributed by atoms with Gasteiger partial charge in [-0.1, -0.05) is 23.7 Å². The van der Waals surface area contributed by atoms with Gasteiger partial charge in [-0.3, -0.25) is 4.99 Å². The molecule has 2 rings (SSSR count). The summed E-state index contributed by atoms with van der Waals surface area (Å²) in [5.41, 5.74) is 2.07. The van der Waals surface area contributed by atoms with Crippen molar-refractivity contribution in [2.75, 3.05) is 14.1 Å². The van der Waals surface area contributed by atoms with Crippen LogP contribution in [0.2, 0.25) is 5.02 Å². The summed E-state index contributed by atoms with van der Waals surface area (Å²) >= 11 is 6.02. The maximum Gasteiger partial charge on any atom is 0.194 e. The third-order valence-corrected chi connectivity index (χ3v) is 3.64. The molecule has 0 aliphatic heterocycles. The maximum absolute atomic E-state index is 6.02. The highest BCUT2D eigenvalue weighted by atomic mass is 35.5. The lowest BCUT2D eigenvalue weighted by Gasteiger charge is -2.21. The van der Waals surface area contributed by atoms with Gasteiger partial charge in [0.05, 0.1) is 23.8 Å². The predicted molar refractivity (Wildman–Crippen MR) is 88.0 cm³/mol. The van der Waals surface area contributed by atoms with Gasteiger partial charge in [0.1, 0.15) is 0 Å². The van der Waals surface area contributed by atoms with Crippen LogP contribution in [0, 0.1) is 0 Å². The van der Waals surface area contributed by atoms with Crippen molar-refractivity contribution in [2.45, 2.75) is 26.4 Å². The third-order valence-electron chi connectivity index (χ3n) is 3.44. The molecule has 2 heterocycles. The first-order valence-corrected chi connectivity index (χ1v) is 7.58. The summed E-state index contributed by atoms with van der Waals surface area (Å²) in [7, 11) is 5.72. The standard InChI is InChI=1S/C15H22ClN5O/c1-5-12-7-14(22-19-12)8-18-15(17-2)21(4)10-13-6-11(16)9-20(13)3/h6-7,9H,5,8,10H2,1-4H3,(H,17,18). The minimum Gasteiger partial charge on any atom is -0.359 e. The first kappa shape index (κ1) is 16.4. The summed E-state index contributed by atoms with van der Waals surface area (Å²) in [6.45, 7) is 3.31. The summed E-state index contributed by atoms with van der Waals surface area (Å²) in [5, 5.41) is 7.99. The number of aryl methyl sites for hydroxylation is 2. The van der Waals surface area contributed by atoms with Crippen LogP contribution in [0.15, 0.2) is 27.8 Å². The molecule has 0 bridgehead atoms. The summed E-state index contributed by atoms with van der Waals surface area (Å²) < 4.78 is 7.27. The molecule has 0 atom stereocenters. The fourth-order valence-electron chi connectivity index (χ4n) is 2.20. The second-order valence-corrected chi connectivity index (χ2v) is 5.59. The average Bonchev–Trinajstić information content (AvgIpc) is 3.06. The first-order valence-electron chi connectivity index (χ1n) is 7.20. The van der Waals surface area contributed by atoms with E-state index in [2.05, 4.69) is 15.5 Å². The number of halogens is 1. The smallest absolute Gasteiger partial charge is 0.194 e. The lowest BCUT2D eigenvalue weighted by molar-refractivity contribution is 0.371. The van der Waals surface area contributed by atoms with Gasteiger partial charge in [-0.25, -0.2) is 0 Å². The van der Waals surface area contributed by atoms with Gasteiger partial charge in [-0.2, -0.15) is 0 Å². The van der Waals surface area contributed by atoms with E-state index in [0.29, 0.717) is 13.1 Å². The molecule has 0 saturated heterocycles. The van der Waals surface area contributed by atoms with E-state index in [-0.39, 0.29) is 0 Å². The minimum absolute atomic E-state index is 0.553. The largest absolute Gasteiger partial charge is 0.359 e. The van der Waals surface area contributed by atoms with Crippen molar-refractivity contribution in [3.63, 3.8) is 0 Å². The van der Waals surface area contributed by atoms with Crippen molar-refractivity contribution in [3.8, 4) is 0 Å². The molecular weight excluding hydrogens is 302 g/mol. The summed E-state index contributed by atoms with van der Waals surface area (Å²) in [6.07, 6.45) is 2.76. The Morgan fingerprint density at radius 3 is 2.82 bits per heavy atom. The molecule has 22 heavy (non-hydrogen) atoms. The van der Waals surface area contributed by atoms with E-state index in [1.807, 2.05) is 48.8 Å². The van der Waals surface area contributed by atoms with Gasteiger partial charge in [0.15, 0.2) is 11.7 Å². The molecule has 0 amide bonds. The van der Waals surface area contributed by atoms with Crippen LogP contribution < -0.4 is 5.32 Å². The molecule has 6 nitrogen and oxygen atoms in total. The Labute approximate surface area is 135 Å². The fraction of sp³-hybridized carbons (Fsp3) is 0.467. The quantitative estimate of drug-likeness (QED) is 0.678. The summed E-state index contributed by atoms with van der Waals surface area (Å²) in [5.74, 6) is 1.58. The average molecular weight is 324 g/mol. The van der Waals surface area contributed by atoms with Crippen LogP contribution in [0.4, 0.5) is 0 Å². The molecule has 7 heteroatoms. The normalized spacial score (nSPS) is 11.8. The van der Waals surface area contributed by atoms with Crippen molar-refractivity contribution in [1.29, 1.82) is 0 Å². The molecule has 2 aromatic heterocycles. The van der Waals surface area contributed by atoms with Gasteiger partial charge >= 0.3 is 0 Å². The maximum atomic E-state index is 6.02. The van der Waals surface area contributed by atoms with Gasteiger partial charge in [0.2, 0.25) is 0 Å². The molecule has 1 N–H and O–H groups in total. The lowest BCUT2D eigenvalue weighted by atomic mass is 10.3. The Kier molecular flexibility index (Phi) is 5.49. The van der Waals surface area contributed by atoms with E-state index >= 15 is 0 Å². The topological polar surface area (TPSA) is 58.6 Å². The van der Waals surface area contributed by atoms with Gasteiger partial charge in [0.25, 0.3) is 0 Å². The van der Waals surface area contributed by atoms with Crippen molar-refractivity contribution in [1.82, 2.24) is 19.9 Å². The second kappa shape index (κ2) is 7.35. The third kappa shape index (κ3) is 4.04. The van der Waals surface area contributed by atoms with Crippen LogP contribution in [0.25, 0.3) is 0 Å². The van der Waals surface area contributed by atoms with Crippen molar-refractivity contribution in [2.24, 2.45) is 12.0 Å². The van der Waals surface area contributed by atoms with E-state index < -0.39 is 0 Å². The number of hydrogen-bond donors (Lipinski definition) is 1. The van der Waals surface area contributed by atoms with Crippen LogP contribution >= 0.6 is 11.6 Å². The van der Waals surface area contributed by atoms with E-state index in [9.17, 15) is 0 Å². The lowest BCUT2D eigenvalue weighted by Crippen LogP contribution is -2.38. The number of rotatable bonds is 5. The Bertz CT molecular complexity index is 646. The number of hydrogen-bond acceptors (Lipinski definition) is 3. The molecule has 0 saturated carbocycles. The fourth-order valence-corrected chi connectivity index (χ4v) is 2.47. The molecule has 2 aromatic rings. The summed E-state index contributed by atoms with van der Waals surface area (Å²) in [6, 6.07) is 3.91. The molecule has 0 aromatic carbocycles. The molecule has 120 valence electrons. The van der Waals surface area contributed by atoms with Crippen molar-refractivity contribution >= 4 is 17.6 Å². The predicted octanol–water partition coefficient (Wildman–Crippen LogP) is 2.44. The Morgan fingerprint density at radius 1 is 1.50 bits per heavy atom. The number of guanidine groups is 1. The molecule has 0 radical (unpaired) electrons. The number of aliphatic imine (C=N–C) groups is 1. The van der Waals surface area contributed by atoms with E-state index in [4.69, 9.17) is 16.1 Å². The zero-order valence-electron chi connectivity index (χ0n) is 13.4. The van der Waals surface area contributed by atoms with Gasteiger partial charge in [0, 0.05) is 39.1 Å². The molecule has 0 unspecified atom stereocenters. The summed E-state index contributed by atoms with van der Waals surface area (Å²) in [4.78, 5) is 6.32. The van der Waals surface area contributed by atoms with E-state index in [1.54, 1.807) is 7.05 Å². The van der Waals surface area contributed by atoms with Crippen LogP contribution in [0.5, 0.6) is 0 Å². The Balaban J connectivity index is 1.94. The molecule has 0 aliphatic carbocycles. The Morgan fingerprint density at radius 2 is 2.27 bits per heavy atom. The van der Waals surface area contributed by atoms with Crippen LogP contribution in [0.1, 0.15) is 24.1 Å². The highest BCUT2D eigenvalue weighted by Crippen LogP contribution is 2.14. The molecule has 0 aliphatic rings. The van der Waals surface area contributed by atoms with Crippen LogP contribution in [0.3, 0.4) is 0 Å². The van der Waals surface area contributed by atoms with Gasteiger partial charge in [-0.15, -0.1) is 0 Å². The molecule has 0 spiro atoms. The first-order chi connectivity index (χ1) is 10.5. The van der Waals surface area contributed by atoms with E-state index in [0.717, 1.165) is 34.6 Å². The number of aromatic nitrogens is 2. The van der Waals surface area contributed by atoms with Crippen molar-refractivity contribution < 1.29 is 4.52 Å².